The molecule has 0 saturated heterocycles. The van der Waals surface area contributed by atoms with Crippen molar-refractivity contribution in [1.29, 1.82) is 0 Å². The topological polar surface area (TPSA) is 68.3 Å². The summed E-state index contributed by atoms with van der Waals surface area (Å²) in [6.45, 7) is -0.112. The van der Waals surface area contributed by atoms with Crippen LogP contribution in [0.2, 0.25) is 0 Å². The van der Waals surface area contributed by atoms with Crippen LogP contribution in [-0.2, 0) is 6.54 Å². The fourth-order valence-corrected chi connectivity index (χ4v) is 2.10. The fraction of sp³-hybridized carbons (Fsp3) is 0.125. The van der Waals surface area contributed by atoms with Crippen LogP contribution in [-0.4, -0.2) is 14.9 Å². The van der Waals surface area contributed by atoms with Crippen LogP contribution in [0.15, 0.2) is 63.8 Å². The van der Waals surface area contributed by atoms with Crippen molar-refractivity contribution in [3.8, 4) is 11.5 Å². The minimum Gasteiger partial charge on any atom is -0.388 e. The average Bonchev–Trinajstić information content (AvgIpc) is 2.89. The molecule has 22 heavy (non-hydrogen) atoms. The highest BCUT2D eigenvalue weighted by atomic mass is 19.1. The zero-order chi connectivity index (χ0) is 15.5. The lowest BCUT2D eigenvalue weighted by atomic mass is 10.1. The molecule has 0 fully saturated rings. The van der Waals surface area contributed by atoms with Crippen molar-refractivity contribution in [2.75, 3.05) is 0 Å². The van der Waals surface area contributed by atoms with Gasteiger partial charge in [0.05, 0.1) is 12.6 Å². The number of rotatable bonds is 4. The highest BCUT2D eigenvalue weighted by molar-refractivity contribution is 5.51. The van der Waals surface area contributed by atoms with Gasteiger partial charge in [0.1, 0.15) is 5.82 Å². The number of aliphatic hydroxyl groups excluding tert-OH is 1. The van der Waals surface area contributed by atoms with Gasteiger partial charge in [0.25, 0.3) is 0 Å². The minimum atomic E-state index is -1.05. The molecule has 3 rings (SSSR count). The van der Waals surface area contributed by atoms with Crippen molar-refractivity contribution in [3.05, 3.63) is 76.5 Å². The zero-order valence-electron chi connectivity index (χ0n) is 11.5. The van der Waals surface area contributed by atoms with Gasteiger partial charge in [-0.15, -0.1) is 5.10 Å². The molecule has 1 aromatic heterocycles. The molecule has 1 atom stereocenters. The van der Waals surface area contributed by atoms with Gasteiger partial charge in [0.2, 0.25) is 5.89 Å². The maximum absolute atomic E-state index is 13.2. The largest absolute Gasteiger partial charge is 0.437 e. The van der Waals surface area contributed by atoms with Gasteiger partial charge in [0, 0.05) is 5.56 Å². The number of aliphatic hydroxyl groups is 1. The van der Waals surface area contributed by atoms with Crippen molar-refractivity contribution in [2.24, 2.45) is 0 Å². The van der Waals surface area contributed by atoms with E-state index in [9.17, 15) is 14.3 Å². The van der Waals surface area contributed by atoms with E-state index in [-0.39, 0.29) is 12.4 Å². The summed E-state index contributed by atoms with van der Waals surface area (Å²) >= 11 is 0. The molecule has 112 valence electrons. The number of hydrogen-bond acceptors (Lipinski definition) is 4. The molecule has 0 spiro atoms. The van der Waals surface area contributed by atoms with Gasteiger partial charge >= 0.3 is 5.76 Å². The lowest BCUT2D eigenvalue weighted by molar-refractivity contribution is 0.148. The molecule has 0 aliphatic rings. The second kappa shape index (κ2) is 5.95. The Morgan fingerprint density at radius 1 is 1.18 bits per heavy atom. The van der Waals surface area contributed by atoms with Gasteiger partial charge in [-0.2, -0.15) is 4.68 Å². The summed E-state index contributed by atoms with van der Waals surface area (Å²) in [6.07, 6.45) is -1.05. The van der Waals surface area contributed by atoms with Crippen molar-refractivity contribution < 1.29 is 13.9 Å². The number of nitrogens with zero attached hydrogens (tertiary/aromatic N) is 2. The lowest BCUT2D eigenvalue weighted by Crippen LogP contribution is -2.20. The van der Waals surface area contributed by atoms with E-state index in [4.69, 9.17) is 4.42 Å². The average molecular weight is 300 g/mol. The Kier molecular flexibility index (Phi) is 3.84. The lowest BCUT2D eigenvalue weighted by Gasteiger charge is -2.09. The monoisotopic (exact) mass is 300 g/mol. The van der Waals surface area contributed by atoms with E-state index in [0.717, 1.165) is 4.68 Å². The van der Waals surface area contributed by atoms with Crippen molar-refractivity contribution in [1.82, 2.24) is 9.78 Å². The van der Waals surface area contributed by atoms with Gasteiger partial charge in [-0.3, -0.25) is 0 Å². The maximum Gasteiger partial charge on any atom is 0.437 e. The first kappa shape index (κ1) is 14.2. The zero-order valence-corrected chi connectivity index (χ0v) is 11.5. The molecule has 0 amide bonds. The van der Waals surface area contributed by atoms with Crippen LogP contribution >= 0.6 is 0 Å². The van der Waals surface area contributed by atoms with Crippen LogP contribution in [0.4, 0.5) is 4.39 Å². The Bertz CT molecular complexity index is 827. The molecule has 0 saturated carbocycles. The molecule has 1 N–H and O–H groups in total. The fourth-order valence-electron chi connectivity index (χ4n) is 2.10. The highest BCUT2D eigenvalue weighted by Gasteiger charge is 2.15. The Labute approximate surface area is 125 Å². The van der Waals surface area contributed by atoms with E-state index >= 15 is 0 Å². The Morgan fingerprint density at radius 3 is 2.68 bits per heavy atom. The molecule has 3 aromatic rings. The third-order valence-electron chi connectivity index (χ3n) is 3.21. The molecule has 0 unspecified atom stereocenters. The molecule has 5 nitrogen and oxygen atoms in total. The molecule has 0 aliphatic carbocycles. The van der Waals surface area contributed by atoms with Crippen LogP contribution in [0, 0.1) is 5.82 Å². The van der Waals surface area contributed by atoms with Gasteiger partial charge < -0.3 is 9.52 Å². The second-order valence-corrected chi connectivity index (χ2v) is 4.79. The first-order chi connectivity index (χ1) is 10.6. The molecule has 2 aromatic carbocycles. The van der Waals surface area contributed by atoms with E-state index in [0.29, 0.717) is 11.1 Å². The molecule has 1 heterocycles. The molecule has 0 bridgehead atoms. The van der Waals surface area contributed by atoms with Crippen LogP contribution < -0.4 is 5.76 Å². The Balaban J connectivity index is 1.84. The summed E-state index contributed by atoms with van der Waals surface area (Å²) in [5.41, 5.74) is 1.04. The summed E-state index contributed by atoms with van der Waals surface area (Å²) in [4.78, 5) is 11.8. The molecule has 6 heteroatoms. The summed E-state index contributed by atoms with van der Waals surface area (Å²) < 4.78 is 19.3. The van der Waals surface area contributed by atoms with E-state index in [2.05, 4.69) is 5.10 Å². The van der Waals surface area contributed by atoms with Crippen molar-refractivity contribution in [3.63, 3.8) is 0 Å². The predicted molar refractivity (Wildman–Crippen MR) is 77.6 cm³/mol. The van der Waals surface area contributed by atoms with Crippen molar-refractivity contribution in [2.45, 2.75) is 12.6 Å². The summed E-state index contributed by atoms with van der Waals surface area (Å²) in [5, 5.41) is 14.1. The number of hydrogen-bond donors (Lipinski definition) is 1. The third-order valence-corrected chi connectivity index (χ3v) is 3.21. The second-order valence-electron chi connectivity index (χ2n) is 4.79. The predicted octanol–water partition coefficient (Wildman–Crippen LogP) is 2.38. The normalized spacial score (nSPS) is 12.3. The van der Waals surface area contributed by atoms with Gasteiger partial charge in [-0.05, 0) is 29.8 Å². The maximum atomic E-state index is 13.2. The SMILES string of the molecule is O=c1oc(-c2ccccc2)nn1C[C@@H](O)c1cccc(F)c1. The summed E-state index contributed by atoms with van der Waals surface area (Å²) in [6, 6.07) is 14.5. The van der Waals surface area contributed by atoms with Gasteiger partial charge in [-0.1, -0.05) is 30.3 Å². The van der Waals surface area contributed by atoms with Gasteiger partial charge in [0.15, 0.2) is 0 Å². The first-order valence-corrected chi connectivity index (χ1v) is 6.70. The third kappa shape index (κ3) is 2.96. The van der Waals surface area contributed by atoms with Crippen LogP contribution in [0.25, 0.3) is 11.5 Å². The van der Waals surface area contributed by atoms with E-state index < -0.39 is 17.7 Å². The standard InChI is InChI=1S/C16H13FN2O3/c17-13-8-4-7-12(9-13)14(20)10-19-16(21)22-15(18-19)11-5-2-1-3-6-11/h1-9,14,20H,10H2/t14-/m1/s1. The number of benzene rings is 2. The van der Waals surface area contributed by atoms with Crippen LogP contribution in [0.1, 0.15) is 11.7 Å². The summed E-state index contributed by atoms with van der Waals surface area (Å²) in [7, 11) is 0. The van der Waals surface area contributed by atoms with Crippen molar-refractivity contribution >= 4 is 0 Å². The molecule has 0 radical (unpaired) electrons. The minimum absolute atomic E-state index is 0.112. The quantitative estimate of drug-likeness (QED) is 0.803. The Morgan fingerprint density at radius 2 is 1.95 bits per heavy atom. The molecule has 0 aliphatic heterocycles. The highest BCUT2D eigenvalue weighted by Crippen LogP contribution is 2.17. The van der Waals surface area contributed by atoms with Gasteiger partial charge in [-0.25, -0.2) is 9.18 Å². The number of halogens is 1. The molecular weight excluding hydrogens is 287 g/mol. The number of aromatic nitrogens is 2. The van der Waals surface area contributed by atoms with Crippen LogP contribution in [0.5, 0.6) is 0 Å². The van der Waals surface area contributed by atoms with E-state index in [1.54, 1.807) is 30.3 Å². The smallest absolute Gasteiger partial charge is 0.388 e. The first-order valence-electron chi connectivity index (χ1n) is 6.70. The van der Waals surface area contributed by atoms with E-state index in [1.165, 1.54) is 18.2 Å². The molecular formula is C16H13FN2O3. The van der Waals surface area contributed by atoms with E-state index in [1.807, 2.05) is 6.07 Å². The van der Waals surface area contributed by atoms with Crippen LogP contribution in [0.3, 0.4) is 0 Å². The Hall–Kier alpha value is -2.73. The summed E-state index contributed by atoms with van der Waals surface area (Å²) in [5.74, 6) is -0.944.